The van der Waals surface area contributed by atoms with Crippen molar-refractivity contribution in [1.82, 2.24) is 4.98 Å². The fourth-order valence-corrected chi connectivity index (χ4v) is 1.27. The van der Waals surface area contributed by atoms with E-state index in [1.807, 2.05) is 0 Å². The second kappa shape index (κ2) is 6.50. The highest BCUT2D eigenvalue weighted by Crippen LogP contribution is 2.13. The molecule has 0 radical (unpaired) electrons. The van der Waals surface area contributed by atoms with E-state index in [1.54, 1.807) is 12.3 Å². The fraction of sp³-hybridized carbons (Fsp3) is 0.400. The van der Waals surface area contributed by atoms with Crippen molar-refractivity contribution in [3.63, 3.8) is 0 Å². The van der Waals surface area contributed by atoms with Crippen LogP contribution in [0, 0.1) is 0 Å². The lowest BCUT2D eigenvalue weighted by molar-refractivity contribution is -0.122. The van der Waals surface area contributed by atoms with E-state index in [9.17, 15) is 4.79 Å². The first-order chi connectivity index (χ1) is 7.24. The average Bonchev–Trinajstić information content (AvgIpc) is 2.22. The number of hydrogen-bond donors (Lipinski definition) is 1. The van der Waals surface area contributed by atoms with Crippen molar-refractivity contribution < 1.29 is 9.53 Å². The van der Waals surface area contributed by atoms with Crippen molar-refractivity contribution in [2.45, 2.75) is 6.42 Å². The zero-order valence-electron chi connectivity index (χ0n) is 8.28. The van der Waals surface area contributed by atoms with Gasteiger partial charge in [0.25, 0.3) is 0 Å². The van der Waals surface area contributed by atoms with E-state index >= 15 is 0 Å². The first kappa shape index (κ1) is 12.1. The van der Waals surface area contributed by atoms with E-state index in [0.717, 1.165) is 5.56 Å². The Balaban J connectivity index is 2.41. The number of carbonyl (C=O) groups is 1. The molecule has 1 rings (SSSR count). The Morgan fingerprint density at radius 3 is 3.07 bits per heavy atom. The van der Waals surface area contributed by atoms with Crippen LogP contribution in [0.1, 0.15) is 5.56 Å². The minimum atomic E-state index is -0.0171. The molecule has 4 nitrogen and oxygen atoms in total. The number of ketones is 1. The van der Waals surface area contributed by atoms with Gasteiger partial charge in [0.15, 0.2) is 5.78 Å². The van der Waals surface area contributed by atoms with Gasteiger partial charge >= 0.3 is 0 Å². The third-order valence-corrected chi connectivity index (χ3v) is 2.11. The van der Waals surface area contributed by atoms with Gasteiger partial charge in [-0.05, 0) is 11.6 Å². The molecule has 0 saturated heterocycles. The van der Waals surface area contributed by atoms with Crippen LogP contribution >= 0.6 is 11.6 Å². The van der Waals surface area contributed by atoms with Crippen molar-refractivity contribution in [2.24, 2.45) is 5.73 Å². The summed E-state index contributed by atoms with van der Waals surface area (Å²) in [4.78, 5) is 15.2. The lowest BCUT2D eigenvalue weighted by atomic mass is 10.1. The summed E-state index contributed by atoms with van der Waals surface area (Å²) in [5.74, 6) is -0.0171. The second-order valence-electron chi connectivity index (χ2n) is 3.02. The number of hydrogen-bond acceptors (Lipinski definition) is 4. The van der Waals surface area contributed by atoms with Crippen LogP contribution in [0.15, 0.2) is 18.5 Å². The van der Waals surface area contributed by atoms with Crippen LogP contribution in [-0.4, -0.2) is 30.5 Å². The van der Waals surface area contributed by atoms with Crippen LogP contribution in [0.2, 0.25) is 5.02 Å². The maximum Gasteiger partial charge on any atom is 0.162 e. The highest BCUT2D eigenvalue weighted by atomic mass is 35.5. The molecule has 0 aromatic carbocycles. The van der Waals surface area contributed by atoms with Crippen LogP contribution in [0.5, 0.6) is 0 Å². The van der Waals surface area contributed by atoms with Gasteiger partial charge in [0.2, 0.25) is 0 Å². The summed E-state index contributed by atoms with van der Waals surface area (Å²) in [6.07, 6.45) is 3.39. The van der Waals surface area contributed by atoms with E-state index in [-0.39, 0.29) is 18.8 Å². The molecule has 1 aromatic rings. The Kier molecular flexibility index (Phi) is 5.25. The number of ether oxygens (including phenoxy) is 1. The van der Waals surface area contributed by atoms with Gasteiger partial charge in [-0.2, -0.15) is 0 Å². The summed E-state index contributed by atoms with van der Waals surface area (Å²) in [7, 11) is 0. The van der Waals surface area contributed by atoms with Crippen molar-refractivity contribution in [3.05, 3.63) is 29.0 Å². The van der Waals surface area contributed by atoms with Crippen molar-refractivity contribution in [3.8, 4) is 0 Å². The van der Waals surface area contributed by atoms with E-state index in [1.165, 1.54) is 6.20 Å². The van der Waals surface area contributed by atoms with Crippen LogP contribution in [0.25, 0.3) is 0 Å². The molecule has 0 atom stereocenters. The standard InChI is InChI=1S/C10H13ClN2O2/c11-10-6-13-3-1-8(10)5-9(14)7-15-4-2-12/h1,3,6H,2,4-5,7,12H2. The molecule has 0 saturated carbocycles. The predicted molar refractivity (Wildman–Crippen MR) is 57.8 cm³/mol. The molecule has 0 spiro atoms. The van der Waals surface area contributed by atoms with Crippen LogP contribution < -0.4 is 5.73 Å². The topological polar surface area (TPSA) is 65.2 Å². The Bertz CT molecular complexity index is 331. The Morgan fingerprint density at radius 2 is 2.40 bits per heavy atom. The maximum atomic E-state index is 11.4. The summed E-state index contributed by atoms with van der Waals surface area (Å²) >= 11 is 5.85. The first-order valence-electron chi connectivity index (χ1n) is 4.62. The largest absolute Gasteiger partial charge is 0.372 e. The van der Waals surface area contributed by atoms with Gasteiger partial charge in [0, 0.05) is 25.4 Å². The maximum absolute atomic E-state index is 11.4. The number of carbonyl (C=O) groups excluding carboxylic acids is 1. The summed E-state index contributed by atoms with van der Waals surface area (Å²) < 4.78 is 5.02. The highest BCUT2D eigenvalue weighted by molar-refractivity contribution is 6.31. The minimum Gasteiger partial charge on any atom is -0.372 e. The van der Waals surface area contributed by atoms with E-state index < -0.39 is 0 Å². The van der Waals surface area contributed by atoms with Crippen molar-refractivity contribution >= 4 is 17.4 Å². The molecule has 0 aliphatic heterocycles. The van der Waals surface area contributed by atoms with Gasteiger partial charge in [-0.3, -0.25) is 9.78 Å². The molecule has 5 heteroatoms. The quantitative estimate of drug-likeness (QED) is 0.733. The van der Waals surface area contributed by atoms with Crippen LogP contribution in [0.3, 0.4) is 0 Å². The van der Waals surface area contributed by atoms with E-state index in [4.69, 9.17) is 22.1 Å². The normalized spacial score (nSPS) is 10.3. The Morgan fingerprint density at radius 1 is 1.60 bits per heavy atom. The lowest BCUT2D eigenvalue weighted by Crippen LogP contribution is -2.16. The zero-order valence-corrected chi connectivity index (χ0v) is 9.04. The Labute approximate surface area is 93.4 Å². The number of nitrogens with two attached hydrogens (primary N) is 1. The molecule has 0 unspecified atom stereocenters. The predicted octanol–water partition coefficient (Wildman–Crippen LogP) is 0.822. The van der Waals surface area contributed by atoms with E-state index in [0.29, 0.717) is 18.2 Å². The first-order valence-corrected chi connectivity index (χ1v) is 4.99. The molecule has 0 aliphatic carbocycles. The van der Waals surface area contributed by atoms with Crippen molar-refractivity contribution in [2.75, 3.05) is 19.8 Å². The SMILES string of the molecule is NCCOCC(=O)Cc1ccncc1Cl. The van der Waals surface area contributed by atoms with Gasteiger partial charge in [0.05, 0.1) is 11.6 Å². The molecule has 0 aliphatic rings. The molecule has 1 heterocycles. The van der Waals surface area contributed by atoms with Crippen LogP contribution in [0.4, 0.5) is 0 Å². The molecule has 15 heavy (non-hydrogen) atoms. The number of nitrogens with zero attached hydrogens (tertiary/aromatic N) is 1. The Hall–Kier alpha value is -0.970. The second-order valence-corrected chi connectivity index (χ2v) is 3.43. The third kappa shape index (κ3) is 4.38. The van der Waals surface area contributed by atoms with Gasteiger partial charge < -0.3 is 10.5 Å². The smallest absolute Gasteiger partial charge is 0.162 e. The van der Waals surface area contributed by atoms with Crippen LogP contribution in [-0.2, 0) is 16.0 Å². The average molecular weight is 229 g/mol. The number of rotatable bonds is 6. The molecule has 82 valence electrons. The van der Waals surface area contributed by atoms with E-state index in [2.05, 4.69) is 4.98 Å². The summed E-state index contributed by atoms with van der Waals surface area (Å²) in [5.41, 5.74) is 6.00. The summed E-state index contributed by atoms with van der Waals surface area (Å²) in [6.45, 7) is 0.898. The fourth-order valence-electron chi connectivity index (χ4n) is 1.08. The van der Waals surface area contributed by atoms with Gasteiger partial charge in [-0.15, -0.1) is 0 Å². The zero-order chi connectivity index (χ0) is 11.1. The molecule has 0 amide bonds. The lowest BCUT2D eigenvalue weighted by Gasteiger charge is -2.03. The van der Waals surface area contributed by atoms with Gasteiger partial charge in [0.1, 0.15) is 6.61 Å². The summed E-state index contributed by atoms with van der Waals surface area (Å²) in [5, 5.41) is 0.504. The number of halogens is 1. The van der Waals surface area contributed by atoms with Gasteiger partial charge in [-0.25, -0.2) is 0 Å². The molecule has 0 fully saturated rings. The number of aromatic nitrogens is 1. The van der Waals surface area contributed by atoms with Crippen molar-refractivity contribution in [1.29, 1.82) is 0 Å². The molecular weight excluding hydrogens is 216 g/mol. The minimum absolute atomic E-state index is 0.0171. The number of Topliss-reactive ketones (excluding diaryl/α,β-unsaturated/α-hetero) is 1. The molecule has 0 bridgehead atoms. The molecular formula is C10H13ClN2O2. The molecule has 1 aromatic heterocycles. The van der Waals surface area contributed by atoms with Gasteiger partial charge in [-0.1, -0.05) is 11.6 Å². The highest BCUT2D eigenvalue weighted by Gasteiger charge is 2.06. The summed E-state index contributed by atoms with van der Waals surface area (Å²) in [6, 6.07) is 1.73. The number of pyridine rings is 1. The monoisotopic (exact) mass is 228 g/mol. The molecule has 2 N–H and O–H groups in total. The third-order valence-electron chi connectivity index (χ3n) is 1.77.